The Morgan fingerprint density at radius 2 is 1.84 bits per heavy atom. The molecule has 2 aromatic rings. The van der Waals surface area contributed by atoms with Crippen LogP contribution >= 0.6 is 0 Å². The average molecular weight is 450 g/mol. The van der Waals surface area contributed by atoms with Crippen LogP contribution in [0.25, 0.3) is 0 Å². The Morgan fingerprint density at radius 1 is 1.13 bits per heavy atom. The van der Waals surface area contributed by atoms with Crippen molar-refractivity contribution in [1.82, 2.24) is 4.31 Å². The predicted octanol–water partition coefficient (Wildman–Crippen LogP) is 2.83. The van der Waals surface area contributed by atoms with Crippen LogP contribution in [-0.2, 0) is 19.6 Å². The number of nitrogens with one attached hydrogen (secondary N) is 2. The van der Waals surface area contributed by atoms with E-state index >= 15 is 0 Å². The number of halogens is 1. The Labute approximate surface area is 180 Å². The molecule has 0 saturated carbocycles. The van der Waals surface area contributed by atoms with Crippen molar-refractivity contribution < 1.29 is 27.1 Å². The number of benzene rings is 2. The van der Waals surface area contributed by atoms with Crippen molar-refractivity contribution in [1.29, 1.82) is 0 Å². The van der Waals surface area contributed by atoms with Crippen LogP contribution in [0.1, 0.15) is 19.8 Å². The lowest BCUT2D eigenvalue weighted by molar-refractivity contribution is -0.121. The minimum Gasteiger partial charge on any atom is -0.495 e. The first-order valence-corrected chi connectivity index (χ1v) is 11.2. The summed E-state index contributed by atoms with van der Waals surface area (Å²) in [6.45, 7) is 1.58. The van der Waals surface area contributed by atoms with Gasteiger partial charge in [0.15, 0.2) is 0 Å². The largest absolute Gasteiger partial charge is 0.495 e. The molecule has 0 radical (unpaired) electrons. The van der Waals surface area contributed by atoms with Crippen LogP contribution < -0.4 is 15.4 Å². The fourth-order valence-electron chi connectivity index (χ4n) is 3.49. The average Bonchev–Trinajstić information content (AvgIpc) is 2.73. The number of sulfonamides is 1. The van der Waals surface area contributed by atoms with E-state index in [9.17, 15) is 22.4 Å². The van der Waals surface area contributed by atoms with E-state index in [4.69, 9.17) is 4.74 Å². The van der Waals surface area contributed by atoms with Gasteiger partial charge in [-0.15, -0.1) is 0 Å². The number of anilines is 2. The highest BCUT2D eigenvalue weighted by molar-refractivity contribution is 7.89. The van der Waals surface area contributed by atoms with E-state index in [0.29, 0.717) is 24.2 Å². The number of carbonyl (C=O) groups is 2. The summed E-state index contributed by atoms with van der Waals surface area (Å²) in [5, 5.41) is 5.41. The molecular formula is C21H24FN3O5S. The standard InChI is InChI=1S/C21H24FN3O5S/c1-14(26)23-17-6-3-7-18(12-17)24-21(27)15-5-4-10-25(13-15)31(28,29)20-11-16(22)8-9-19(20)30-2/h3,6-9,11-12,15H,4-5,10,13H2,1-2H3,(H,23,26)(H,24,27)/t15-/m1/s1. The summed E-state index contributed by atoms with van der Waals surface area (Å²) in [4.78, 5) is 23.7. The van der Waals surface area contributed by atoms with Crippen LogP contribution in [0.5, 0.6) is 5.75 Å². The molecule has 10 heteroatoms. The molecule has 0 aliphatic carbocycles. The summed E-state index contributed by atoms with van der Waals surface area (Å²) in [5.74, 6) is -1.78. The van der Waals surface area contributed by atoms with Gasteiger partial charge in [0.2, 0.25) is 21.8 Å². The van der Waals surface area contributed by atoms with Gasteiger partial charge in [0.25, 0.3) is 0 Å². The number of rotatable bonds is 6. The molecule has 0 aromatic heterocycles. The van der Waals surface area contributed by atoms with Crippen LogP contribution in [0.2, 0.25) is 0 Å². The van der Waals surface area contributed by atoms with E-state index in [1.54, 1.807) is 24.3 Å². The minimum atomic E-state index is -4.05. The Balaban J connectivity index is 1.75. The molecule has 2 N–H and O–H groups in total. The first-order chi connectivity index (χ1) is 14.7. The second-order valence-corrected chi connectivity index (χ2v) is 9.15. The molecule has 0 bridgehead atoms. The van der Waals surface area contributed by atoms with E-state index in [2.05, 4.69) is 10.6 Å². The lowest BCUT2D eigenvalue weighted by Crippen LogP contribution is -2.43. The fourth-order valence-corrected chi connectivity index (χ4v) is 5.18. The molecule has 8 nitrogen and oxygen atoms in total. The van der Waals surface area contributed by atoms with Gasteiger partial charge in [-0.1, -0.05) is 6.07 Å². The number of carbonyl (C=O) groups excluding carboxylic acids is 2. The number of nitrogens with zero attached hydrogens (tertiary/aromatic N) is 1. The molecular weight excluding hydrogens is 425 g/mol. The molecule has 166 valence electrons. The van der Waals surface area contributed by atoms with Gasteiger partial charge in [0.05, 0.1) is 13.0 Å². The smallest absolute Gasteiger partial charge is 0.246 e. The third-order valence-electron chi connectivity index (χ3n) is 4.95. The Kier molecular flexibility index (Phi) is 6.91. The molecule has 2 aromatic carbocycles. The SMILES string of the molecule is COc1ccc(F)cc1S(=O)(=O)N1CCC[C@@H](C(=O)Nc2cccc(NC(C)=O)c2)C1. The van der Waals surface area contributed by atoms with Crippen molar-refractivity contribution in [3.8, 4) is 5.75 Å². The third-order valence-corrected chi connectivity index (χ3v) is 6.84. The lowest BCUT2D eigenvalue weighted by Gasteiger charge is -2.31. The molecule has 0 spiro atoms. The second kappa shape index (κ2) is 9.44. The second-order valence-electron chi connectivity index (χ2n) is 7.25. The van der Waals surface area contributed by atoms with E-state index in [-0.39, 0.29) is 35.5 Å². The van der Waals surface area contributed by atoms with Crippen molar-refractivity contribution in [2.45, 2.75) is 24.7 Å². The van der Waals surface area contributed by atoms with Crippen LogP contribution in [0, 0.1) is 11.7 Å². The van der Waals surface area contributed by atoms with Crippen molar-refractivity contribution in [3.63, 3.8) is 0 Å². The predicted molar refractivity (Wildman–Crippen MR) is 114 cm³/mol. The lowest BCUT2D eigenvalue weighted by atomic mass is 9.98. The van der Waals surface area contributed by atoms with Gasteiger partial charge >= 0.3 is 0 Å². The molecule has 1 heterocycles. The van der Waals surface area contributed by atoms with Gasteiger partial charge in [-0.05, 0) is 49.2 Å². The first-order valence-electron chi connectivity index (χ1n) is 9.73. The van der Waals surface area contributed by atoms with E-state index < -0.39 is 21.8 Å². The molecule has 0 unspecified atom stereocenters. The summed E-state index contributed by atoms with van der Waals surface area (Å²) in [7, 11) is -2.73. The quantitative estimate of drug-likeness (QED) is 0.706. The number of hydrogen-bond acceptors (Lipinski definition) is 5. The molecule has 3 rings (SSSR count). The van der Waals surface area contributed by atoms with Crippen molar-refractivity contribution in [2.75, 3.05) is 30.8 Å². The Bertz CT molecular complexity index is 1090. The number of amides is 2. The zero-order chi connectivity index (χ0) is 22.6. The maximum Gasteiger partial charge on any atom is 0.246 e. The van der Waals surface area contributed by atoms with Crippen molar-refractivity contribution in [3.05, 3.63) is 48.3 Å². The first kappa shape index (κ1) is 22.7. The highest BCUT2D eigenvalue weighted by Gasteiger charge is 2.35. The molecule has 2 amide bonds. The molecule has 1 aliphatic rings. The molecule has 31 heavy (non-hydrogen) atoms. The summed E-state index contributed by atoms with van der Waals surface area (Å²) in [6, 6.07) is 9.99. The van der Waals surface area contributed by atoms with Crippen molar-refractivity contribution in [2.24, 2.45) is 5.92 Å². The fraction of sp³-hybridized carbons (Fsp3) is 0.333. The summed E-state index contributed by atoms with van der Waals surface area (Å²) in [6.07, 6.45) is 1.00. The highest BCUT2D eigenvalue weighted by atomic mass is 32.2. The van der Waals surface area contributed by atoms with Crippen LogP contribution in [0.4, 0.5) is 15.8 Å². The number of piperidine rings is 1. The van der Waals surface area contributed by atoms with Crippen LogP contribution in [0.3, 0.4) is 0 Å². The van der Waals surface area contributed by atoms with Gasteiger partial charge < -0.3 is 15.4 Å². The van der Waals surface area contributed by atoms with Gasteiger partial charge in [0.1, 0.15) is 16.5 Å². The molecule has 1 fully saturated rings. The van der Waals surface area contributed by atoms with E-state index in [1.807, 2.05) is 0 Å². The zero-order valence-electron chi connectivity index (χ0n) is 17.2. The Morgan fingerprint density at radius 3 is 2.52 bits per heavy atom. The summed E-state index contributed by atoms with van der Waals surface area (Å²) >= 11 is 0. The van der Waals surface area contributed by atoms with Gasteiger partial charge in [-0.25, -0.2) is 12.8 Å². The summed E-state index contributed by atoms with van der Waals surface area (Å²) < 4.78 is 46.2. The highest BCUT2D eigenvalue weighted by Crippen LogP contribution is 2.31. The minimum absolute atomic E-state index is 0.0286. The topological polar surface area (TPSA) is 105 Å². The van der Waals surface area contributed by atoms with Crippen LogP contribution in [-0.4, -0.2) is 44.7 Å². The van der Waals surface area contributed by atoms with Gasteiger partial charge in [0, 0.05) is 31.4 Å². The molecule has 1 atom stereocenters. The zero-order valence-corrected chi connectivity index (χ0v) is 18.0. The number of methoxy groups -OCH3 is 1. The van der Waals surface area contributed by atoms with Gasteiger partial charge in [-0.2, -0.15) is 4.31 Å². The third kappa shape index (κ3) is 5.39. The maximum absolute atomic E-state index is 13.7. The molecule has 1 aliphatic heterocycles. The normalized spacial score (nSPS) is 17.1. The number of ether oxygens (including phenoxy) is 1. The van der Waals surface area contributed by atoms with E-state index in [1.165, 1.54) is 24.4 Å². The van der Waals surface area contributed by atoms with E-state index in [0.717, 1.165) is 12.1 Å². The maximum atomic E-state index is 13.7. The molecule has 1 saturated heterocycles. The van der Waals surface area contributed by atoms with Crippen molar-refractivity contribution >= 4 is 33.2 Å². The Hall–Kier alpha value is -2.98. The summed E-state index contributed by atoms with van der Waals surface area (Å²) in [5.41, 5.74) is 1.03. The van der Waals surface area contributed by atoms with Gasteiger partial charge in [-0.3, -0.25) is 9.59 Å². The number of hydrogen-bond donors (Lipinski definition) is 2. The monoisotopic (exact) mass is 449 g/mol. The van der Waals surface area contributed by atoms with Crippen LogP contribution in [0.15, 0.2) is 47.4 Å².